The Kier molecular flexibility index (Phi) is 2.23. The second kappa shape index (κ2) is 3.66. The summed E-state index contributed by atoms with van der Waals surface area (Å²) in [5.41, 5.74) is 1.84. The van der Waals surface area contributed by atoms with Gasteiger partial charge >= 0.3 is 0 Å². The van der Waals surface area contributed by atoms with E-state index in [1.165, 1.54) is 0 Å². The van der Waals surface area contributed by atoms with E-state index in [9.17, 15) is 8.78 Å². The molecule has 0 saturated heterocycles. The normalized spacial score (nSPS) is 29.4. The number of fused-ring (bicyclic) bond motifs is 1. The third-order valence-electron chi connectivity index (χ3n) is 4.32. The summed E-state index contributed by atoms with van der Waals surface area (Å²) in [6.07, 6.45) is 4.47. The van der Waals surface area contributed by atoms with Crippen molar-refractivity contribution in [2.75, 3.05) is 0 Å². The molecule has 2 aliphatic rings. The molecule has 0 bridgehead atoms. The van der Waals surface area contributed by atoms with Crippen LogP contribution in [0.2, 0.25) is 5.15 Å². The van der Waals surface area contributed by atoms with Crippen LogP contribution in [0.3, 0.4) is 0 Å². The Balaban J connectivity index is 1.61. The lowest BCUT2D eigenvalue weighted by Crippen LogP contribution is -2.36. The Bertz CT molecular complexity index is 646. The Hall–Kier alpha value is -1.23. The van der Waals surface area contributed by atoms with Crippen molar-refractivity contribution < 1.29 is 8.78 Å². The van der Waals surface area contributed by atoms with Crippen LogP contribution in [0.25, 0.3) is 5.65 Å². The van der Waals surface area contributed by atoms with Gasteiger partial charge in [0.15, 0.2) is 5.65 Å². The second-order valence-electron chi connectivity index (χ2n) is 5.65. The Morgan fingerprint density at radius 3 is 2.89 bits per heavy atom. The van der Waals surface area contributed by atoms with Crippen LogP contribution in [0.15, 0.2) is 18.5 Å². The number of rotatable bonds is 2. The zero-order valence-corrected chi connectivity index (χ0v) is 10.8. The molecule has 0 aliphatic heterocycles. The SMILES string of the molecule is FC1(F)CC([C@H]2CC2c2cc(Cl)nn3ccnc23)C1. The first kappa shape index (κ1) is 11.6. The highest BCUT2D eigenvalue weighted by Gasteiger charge is 2.55. The van der Waals surface area contributed by atoms with E-state index in [2.05, 4.69) is 10.1 Å². The van der Waals surface area contributed by atoms with Crippen molar-refractivity contribution in [1.29, 1.82) is 0 Å². The average Bonchev–Trinajstić information content (AvgIpc) is 2.95. The van der Waals surface area contributed by atoms with Crippen molar-refractivity contribution in [3.63, 3.8) is 0 Å². The molecule has 4 rings (SSSR count). The maximum absolute atomic E-state index is 12.9. The summed E-state index contributed by atoms with van der Waals surface area (Å²) >= 11 is 5.99. The van der Waals surface area contributed by atoms with E-state index in [0.717, 1.165) is 17.6 Å². The van der Waals surface area contributed by atoms with Gasteiger partial charge in [-0.1, -0.05) is 11.6 Å². The maximum atomic E-state index is 12.9. The molecule has 1 unspecified atom stereocenters. The van der Waals surface area contributed by atoms with E-state index < -0.39 is 5.92 Å². The van der Waals surface area contributed by atoms with Gasteiger partial charge in [-0.05, 0) is 30.2 Å². The van der Waals surface area contributed by atoms with E-state index in [1.54, 1.807) is 16.9 Å². The number of aromatic nitrogens is 3. The molecule has 2 aromatic heterocycles. The molecule has 2 heterocycles. The predicted molar refractivity (Wildman–Crippen MR) is 66.5 cm³/mol. The predicted octanol–water partition coefficient (Wildman–Crippen LogP) is 3.53. The smallest absolute Gasteiger partial charge is 0.235 e. The fraction of sp³-hybridized carbons (Fsp3) is 0.538. The number of hydrogen-bond acceptors (Lipinski definition) is 2. The van der Waals surface area contributed by atoms with Gasteiger partial charge in [0, 0.05) is 30.8 Å². The number of imidazole rings is 1. The van der Waals surface area contributed by atoms with Crippen LogP contribution in [0.4, 0.5) is 8.78 Å². The molecule has 19 heavy (non-hydrogen) atoms. The summed E-state index contributed by atoms with van der Waals surface area (Å²) in [6.45, 7) is 0. The minimum Gasteiger partial charge on any atom is -0.235 e. The standard InChI is InChI=1S/C13H12ClF2N3/c14-11-4-10(12-17-1-2-19(12)18-11)9-3-8(9)7-5-13(15,16)6-7/h1-2,4,7-9H,3,5-6H2/t8-,9?/m1/s1. The van der Waals surface area contributed by atoms with Gasteiger partial charge in [-0.15, -0.1) is 0 Å². The summed E-state index contributed by atoms with van der Waals surface area (Å²) in [4.78, 5) is 4.28. The van der Waals surface area contributed by atoms with Crippen LogP contribution in [0.1, 0.15) is 30.7 Å². The number of nitrogens with zero attached hydrogens (tertiary/aromatic N) is 3. The van der Waals surface area contributed by atoms with Gasteiger partial charge in [-0.25, -0.2) is 18.3 Å². The van der Waals surface area contributed by atoms with Crippen LogP contribution >= 0.6 is 11.6 Å². The van der Waals surface area contributed by atoms with Crippen molar-refractivity contribution in [2.24, 2.45) is 11.8 Å². The minimum atomic E-state index is -2.43. The second-order valence-corrected chi connectivity index (χ2v) is 6.04. The van der Waals surface area contributed by atoms with Gasteiger partial charge in [0.2, 0.25) is 5.92 Å². The Morgan fingerprint density at radius 1 is 1.37 bits per heavy atom. The van der Waals surface area contributed by atoms with Crippen LogP contribution in [0.5, 0.6) is 0 Å². The Morgan fingerprint density at radius 2 is 2.16 bits per heavy atom. The lowest BCUT2D eigenvalue weighted by Gasteiger charge is -2.35. The van der Waals surface area contributed by atoms with Crippen molar-refractivity contribution in [3.8, 4) is 0 Å². The topological polar surface area (TPSA) is 30.2 Å². The summed E-state index contributed by atoms with van der Waals surface area (Å²) in [5.74, 6) is -1.61. The van der Waals surface area contributed by atoms with Gasteiger partial charge in [0.05, 0.1) is 0 Å². The van der Waals surface area contributed by atoms with E-state index in [0.29, 0.717) is 17.0 Å². The zero-order chi connectivity index (χ0) is 13.2. The maximum Gasteiger partial charge on any atom is 0.248 e. The van der Waals surface area contributed by atoms with Crippen LogP contribution in [0, 0.1) is 11.8 Å². The highest BCUT2D eigenvalue weighted by molar-refractivity contribution is 6.29. The van der Waals surface area contributed by atoms with Crippen molar-refractivity contribution >= 4 is 17.2 Å². The summed E-state index contributed by atoms with van der Waals surface area (Å²) in [5, 5.41) is 4.55. The lowest BCUT2D eigenvalue weighted by atomic mass is 9.77. The molecular formula is C13H12ClF2N3. The quantitative estimate of drug-likeness (QED) is 0.844. The fourth-order valence-electron chi connectivity index (χ4n) is 3.29. The highest BCUT2D eigenvalue weighted by atomic mass is 35.5. The monoisotopic (exact) mass is 283 g/mol. The van der Waals surface area contributed by atoms with E-state index in [1.807, 2.05) is 6.07 Å². The molecule has 2 fully saturated rings. The number of alkyl halides is 2. The molecule has 100 valence electrons. The van der Waals surface area contributed by atoms with Gasteiger partial charge in [-0.2, -0.15) is 5.10 Å². The first-order chi connectivity index (χ1) is 9.03. The highest BCUT2D eigenvalue weighted by Crippen LogP contribution is 2.61. The van der Waals surface area contributed by atoms with Gasteiger partial charge in [0.25, 0.3) is 0 Å². The third kappa shape index (κ3) is 1.83. The molecule has 2 atom stereocenters. The molecule has 6 heteroatoms. The molecule has 3 nitrogen and oxygen atoms in total. The van der Waals surface area contributed by atoms with Gasteiger partial charge in [0.1, 0.15) is 5.15 Å². The Labute approximate surface area is 113 Å². The van der Waals surface area contributed by atoms with Crippen LogP contribution in [-0.2, 0) is 0 Å². The van der Waals surface area contributed by atoms with Gasteiger partial charge in [-0.3, -0.25) is 0 Å². The molecule has 0 radical (unpaired) electrons. The molecule has 2 aliphatic carbocycles. The van der Waals surface area contributed by atoms with Crippen molar-refractivity contribution in [2.45, 2.75) is 31.1 Å². The first-order valence-electron chi connectivity index (χ1n) is 6.41. The summed E-state index contributed by atoms with van der Waals surface area (Å²) in [6, 6.07) is 1.82. The fourth-order valence-corrected chi connectivity index (χ4v) is 3.48. The largest absolute Gasteiger partial charge is 0.248 e. The molecule has 0 spiro atoms. The van der Waals surface area contributed by atoms with E-state index in [-0.39, 0.29) is 18.8 Å². The third-order valence-corrected chi connectivity index (χ3v) is 4.51. The zero-order valence-electron chi connectivity index (χ0n) is 10.1. The molecule has 0 amide bonds. The molecule has 2 saturated carbocycles. The molecule has 0 N–H and O–H groups in total. The summed E-state index contributed by atoms with van der Waals surface area (Å²) in [7, 11) is 0. The lowest BCUT2D eigenvalue weighted by molar-refractivity contribution is -0.116. The van der Waals surface area contributed by atoms with Crippen molar-refractivity contribution in [1.82, 2.24) is 14.6 Å². The number of hydrogen-bond donors (Lipinski definition) is 0. The van der Waals surface area contributed by atoms with Crippen LogP contribution in [-0.4, -0.2) is 20.5 Å². The molecule has 2 aromatic rings. The average molecular weight is 284 g/mol. The molecular weight excluding hydrogens is 272 g/mol. The minimum absolute atomic E-state index is 0.0394. The van der Waals surface area contributed by atoms with Crippen molar-refractivity contribution in [3.05, 3.63) is 29.2 Å². The summed E-state index contributed by atoms with van der Waals surface area (Å²) < 4.78 is 27.5. The molecule has 0 aromatic carbocycles. The number of halogens is 3. The van der Waals surface area contributed by atoms with E-state index in [4.69, 9.17) is 11.6 Å². The van der Waals surface area contributed by atoms with Gasteiger partial charge < -0.3 is 0 Å². The van der Waals surface area contributed by atoms with Crippen LogP contribution < -0.4 is 0 Å². The van der Waals surface area contributed by atoms with E-state index >= 15 is 0 Å². The first-order valence-corrected chi connectivity index (χ1v) is 6.79.